The van der Waals surface area contributed by atoms with Crippen LogP contribution >= 0.6 is 0 Å². The molecule has 0 aliphatic carbocycles. The molecule has 3 heteroatoms. The molecule has 0 radical (unpaired) electrons. The van der Waals surface area contributed by atoms with Gasteiger partial charge in [0.05, 0.1) is 5.69 Å². The van der Waals surface area contributed by atoms with Gasteiger partial charge in [0.2, 0.25) is 0 Å². The van der Waals surface area contributed by atoms with Gasteiger partial charge in [0.15, 0.2) is 0 Å². The molecule has 2 rings (SSSR count). The smallest absolute Gasteiger partial charge is 0.112 e. The van der Waals surface area contributed by atoms with E-state index in [1.54, 1.807) is 0 Å². The van der Waals surface area contributed by atoms with Crippen LogP contribution in [0.5, 0.6) is 0 Å². The lowest BCUT2D eigenvalue weighted by Crippen LogP contribution is -2.20. The Hall–Kier alpha value is -0.930. The number of nitrogens with one attached hydrogen (secondary N) is 1. The number of hydrogen-bond donors (Lipinski definition) is 1. The molecule has 0 amide bonds. The molecule has 1 fully saturated rings. The van der Waals surface area contributed by atoms with E-state index in [4.69, 9.17) is 4.74 Å². The van der Waals surface area contributed by atoms with Gasteiger partial charge in [0.25, 0.3) is 0 Å². The van der Waals surface area contributed by atoms with Gasteiger partial charge >= 0.3 is 0 Å². The van der Waals surface area contributed by atoms with Crippen LogP contribution in [0.4, 0.5) is 0 Å². The molecule has 1 aliphatic rings. The van der Waals surface area contributed by atoms with Crippen LogP contribution < -0.4 is 5.32 Å². The van der Waals surface area contributed by atoms with E-state index in [1.165, 1.54) is 0 Å². The maximum absolute atomic E-state index is 5.66. The molecule has 1 aromatic heterocycles. The average molecular weight is 178 g/mol. The molecule has 1 N–H and O–H groups in total. The maximum atomic E-state index is 5.66. The van der Waals surface area contributed by atoms with E-state index >= 15 is 0 Å². The number of nitrogens with zero attached hydrogens (tertiary/aromatic N) is 1. The zero-order chi connectivity index (χ0) is 8.93. The summed E-state index contributed by atoms with van der Waals surface area (Å²) in [4.78, 5) is 4.28. The first-order valence-electron chi connectivity index (χ1n) is 4.70. The van der Waals surface area contributed by atoms with Gasteiger partial charge in [-0.15, -0.1) is 0 Å². The van der Waals surface area contributed by atoms with E-state index in [2.05, 4.69) is 10.3 Å². The van der Waals surface area contributed by atoms with Crippen LogP contribution in [0.2, 0.25) is 0 Å². The van der Waals surface area contributed by atoms with E-state index in [9.17, 15) is 0 Å². The second-order valence-corrected chi connectivity index (χ2v) is 3.17. The highest BCUT2D eigenvalue weighted by molar-refractivity contribution is 5.07. The van der Waals surface area contributed by atoms with E-state index in [-0.39, 0.29) is 6.10 Å². The molecule has 1 saturated heterocycles. The van der Waals surface area contributed by atoms with Crippen LogP contribution in [-0.2, 0) is 4.74 Å². The fourth-order valence-corrected chi connectivity index (χ4v) is 1.47. The Morgan fingerprint density at radius 2 is 2.46 bits per heavy atom. The van der Waals surface area contributed by atoms with E-state index in [1.807, 2.05) is 24.4 Å². The third-order valence-electron chi connectivity index (χ3n) is 2.16. The minimum atomic E-state index is 0.128. The van der Waals surface area contributed by atoms with Crippen molar-refractivity contribution in [3.63, 3.8) is 0 Å². The zero-order valence-corrected chi connectivity index (χ0v) is 7.57. The number of rotatable bonds is 1. The molecule has 1 aliphatic heterocycles. The predicted octanol–water partition coefficient (Wildman–Crippen LogP) is 1.13. The molecule has 2 heterocycles. The molecule has 70 valence electrons. The van der Waals surface area contributed by atoms with Gasteiger partial charge in [-0.3, -0.25) is 4.98 Å². The first kappa shape index (κ1) is 8.66. The van der Waals surface area contributed by atoms with Gasteiger partial charge < -0.3 is 10.1 Å². The molecular weight excluding hydrogens is 164 g/mol. The Labute approximate surface area is 78.1 Å². The largest absolute Gasteiger partial charge is 0.371 e. The highest BCUT2D eigenvalue weighted by Crippen LogP contribution is 2.15. The highest BCUT2D eigenvalue weighted by Gasteiger charge is 2.14. The van der Waals surface area contributed by atoms with Crippen LogP contribution in [0.3, 0.4) is 0 Å². The number of pyridine rings is 1. The summed E-state index contributed by atoms with van der Waals surface area (Å²) in [7, 11) is 0. The lowest BCUT2D eigenvalue weighted by molar-refractivity contribution is 0.0639. The highest BCUT2D eigenvalue weighted by atomic mass is 16.5. The number of aromatic nitrogens is 1. The Morgan fingerprint density at radius 3 is 3.31 bits per heavy atom. The van der Waals surface area contributed by atoms with Gasteiger partial charge in [0.1, 0.15) is 6.10 Å². The van der Waals surface area contributed by atoms with Crippen molar-refractivity contribution in [2.75, 3.05) is 19.7 Å². The summed E-state index contributed by atoms with van der Waals surface area (Å²) >= 11 is 0. The summed E-state index contributed by atoms with van der Waals surface area (Å²) in [6.07, 6.45) is 3.02. The van der Waals surface area contributed by atoms with Crippen molar-refractivity contribution in [3.8, 4) is 0 Å². The molecule has 0 spiro atoms. The summed E-state index contributed by atoms with van der Waals surface area (Å²) < 4.78 is 5.66. The van der Waals surface area contributed by atoms with Gasteiger partial charge in [-0.05, 0) is 25.1 Å². The van der Waals surface area contributed by atoms with Crippen molar-refractivity contribution in [2.45, 2.75) is 12.5 Å². The fraction of sp³-hybridized carbons (Fsp3) is 0.500. The van der Waals surface area contributed by atoms with Gasteiger partial charge in [-0.2, -0.15) is 0 Å². The second-order valence-electron chi connectivity index (χ2n) is 3.17. The van der Waals surface area contributed by atoms with E-state index in [0.29, 0.717) is 0 Å². The summed E-state index contributed by atoms with van der Waals surface area (Å²) in [5.74, 6) is 0. The molecular formula is C10H14N2O. The van der Waals surface area contributed by atoms with Crippen LogP contribution in [-0.4, -0.2) is 24.7 Å². The molecule has 0 unspecified atom stereocenters. The Kier molecular flexibility index (Phi) is 2.90. The van der Waals surface area contributed by atoms with Crippen LogP contribution in [0, 0.1) is 0 Å². The second kappa shape index (κ2) is 4.35. The van der Waals surface area contributed by atoms with Crippen molar-refractivity contribution >= 4 is 0 Å². The average Bonchev–Trinajstić information content (AvgIpc) is 2.47. The van der Waals surface area contributed by atoms with Crippen molar-refractivity contribution in [1.82, 2.24) is 10.3 Å². The molecule has 1 aromatic rings. The first-order valence-corrected chi connectivity index (χ1v) is 4.70. The zero-order valence-electron chi connectivity index (χ0n) is 7.57. The Balaban J connectivity index is 2.06. The maximum Gasteiger partial charge on any atom is 0.112 e. The standard InChI is InChI=1S/C10H14N2O/c1-2-6-12-9(4-1)10-8-11-5-3-7-13-10/h1-2,4,6,10-11H,3,5,7-8H2/t10-/m0/s1. The monoisotopic (exact) mass is 178 g/mol. The van der Waals surface area contributed by atoms with Crippen LogP contribution in [0.15, 0.2) is 24.4 Å². The van der Waals surface area contributed by atoms with Crippen molar-refractivity contribution in [2.24, 2.45) is 0 Å². The van der Waals surface area contributed by atoms with Gasteiger partial charge in [-0.1, -0.05) is 6.07 Å². The van der Waals surface area contributed by atoms with Gasteiger partial charge in [0, 0.05) is 19.3 Å². The summed E-state index contributed by atoms with van der Waals surface area (Å²) in [5, 5.41) is 3.33. The van der Waals surface area contributed by atoms with Crippen molar-refractivity contribution < 1.29 is 4.74 Å². The summed E-state index contributed by atoms with van der Waals surface area (Å²) in [5.41, 5.74) is 1.02. The number of ether oxygens (including phenoxy) is 1. The lowest BCUT2D eigenvalue weighted by Gasteiger charge is -2.13. The van der Waals surface area contributed by atoms with Crippen LogP contribution in [0.25, 0.3) is 0 Å². The minimum Gasteiger partial charge on any atom is -0.371 e. The molecule has 0 saturated carbocycles. The first-order chi connectivity index (χ1) is 6.47. The Morgan fingerprint density at radius 1 is 1.46 bits per heavy atom. The molecule has 0 bridgehead atoms. The van der Waals surface area contributed by atoms with E-state index in [0.717, 1.165) is 31.8 Å². The molecule has 1 atom stereocenters. The predicted molar refractivity (Wildman–Crippen MR) is 50.4 cm³/mol. The third-order valence-corrected chi connectivity index (χ3v) is 2.16. The van der Waals surface area contributed by atoms with Crippen molar-refractivity contribution in [1.29, 1.82) is 0 Å². The minimum absolute atomic E-state index is 0.128. The SMILES string of the molecule is c1ccc([C@@H]2CNCCCO2)nc1. The van der Waals surface area contributed by atoms with Gasteiger partial charge in [-0.25, -0.2) is 0 Å². The third kappa shape index (κ3) is 2.26. The number of hydrogen-bond acceptors (Lipinski definition) is 3. The fourth-order valence-electron chi connectivity index (χ4n) is 1.47. The molecule has 3 nitrogen and oxygen atoms in total. The molecule has 0 aromatic carbocycles. The topological polar surface area (TPSA) is 34.1 Å². The van der Waals surface area contributed by atoms with Crippen LogP contribution in [0.1, 0.15) is 18.2 Å². The summed E-state index contributed by atoms with van der Waals surface area (Å²) in [6.45, 7) is 2.74. The lowest BCUT2D eigenvalue weighted by atomic mass is 10.2. The van der Waals surface area contributed by atoms with E-state index < -0.39 is 0 Å². The normalized spacial score (nSPS) is 23.8. The summed E-state index contributed by atoms with van der Waals surface area (Å²) in [6, 6.07) is 5.93. The molecule has 13 heavy (non-hydrogen) atoms. The quantitative estimate of drug-likeness (QED) is 0.700. The Bertz CT molecular complexity index is 242. The van der Waals surface area contributed by atoms with Crippen molar-refractivity contribution in [3.05, 3.63) is 30.1 Å².